The molecule has 0 aliphatic carbocycles. The largest absolute Gasteiger partial charge is 0.306 e. The molecule has 2 aromatic heterocycles. The first kappa shape index (κ1) is 14.3. The molecule has 0 atom stereocenters. The Balaban J connectivity index is 1.89. The fraction of sp³-hybridized carbons (Fsp3) is 0.533. The minimum Gasteiger partial charge on any atom is -0.306 e. The first-order valence-electron chi connectivity index (χ1n) is 7.10. The summed E-state index contributed by atoms with van der Waals surface area (Å²) in [5.74, 6) is 0. The minimum atomic E-state index is 0.889. The minimum absolute atomic E-state index is 0.889. The number of thiophene rings is 1. The van der Waals surface area contributed by atoms with Crippen molar-refractivity contribution in [3.63, 3.8) is 0 Å². The maximum atomic E-state index is 4.57. The van der Waals surface area contributed by atoms with E-state index in [0.29, 0.717) is 0 Å². The summed E-state index contributed by atoms with van der Waals surface area (Å²) in [6.07, 6.45) is 2.14. The van der Waals surface area contributed by atoms with E-state index in [2.05, 4.69) is 54.1 Å². The Bertz CT molecular complexity index is 513. The monoisotopic (exact) mass is 277 g/mol. The first-order chi connectivity index (χ1) is 9.26. The molecule has 0 amide bonds. The summed E-state index contributed by atoms with van der Waals surface area (Å²) in [4.78, 5) is 2.87. The summed E-state index contributed by atoms with van der Waals surface area (Å²) in [6, 6.07) is 6.67. The van der Waals surface area contributed by atoms with Gasteiger partial charge in [-0.15, -0.1) is 11.3 Å². The van der Waals surface area contributed by atoms with Gasteiger partial charge in [-0.05, 0) is 38.0 Å². The molecule has 0 unspecified atom stereocenters. The zero-order valence-corrected chi connectivity index (χ0v) is 12.9. The number of hydrogen-bond acceptors (Lipinski definition) is 3. The van der Waals surface area contributed by atoms with Crippen molar-refractivity contribution in [2.24, 2.45) is 0 Å². The third-order valence-corrected chi connectivity index (χ3v) is 4.48. The second-order valence-corrected chi connectivity index (χ2v) is 5.87. The number of nitrogens with zero attached hydrogens (tertiary/aromatic N) is 2. The van der Waals surface area contributed by atoms with Crippen LogP contribution >= 0.6 is 11.3 Å². The van der Waals surface area contributed by atoms with E-state index in [9.17, 15) is 0 Å². The molecule has 0 saturated heterocycles. The normalized spacial score (nSPS) is 11.1. The summed E-state index contributed by atoms with van der Waals surface area (Å²) in [7, 11) is 0. The second-order valence-electron chi connectivity index (χ2n) is 4.62. The Labute approximate surface area is 119 Å². The van der Waals surface area contributed by atoms with Crippen LogP contribution in [0.15, 0.2) is 18.2 Å². The van der Waals surface area contributed by atoms with E-state index in [1.54, 1.807) is 0 Å². The SMILES string of the molecule is CCc1cc(CNCc2ccc(CC)s2)n(CC)n1. The molecule has 0 fully saturated rings. The zero-order chi connectivity index (χ0) is 13.7. The fourth-order valence-corrected chi connectivity index (χ4v) is 3.05. The molecule has 0 aliphatic rings. The molecule has 0 radical (unpaired) electrons. The van der Waals surface area contributed by atoms with E-state index in [1.807, 2.05) is 11.3 Å². The number of aryl methyl sites for hydroxylation is 3. The molecule has 0 aliphatic heterocycles. The molecule has 0 aromatic carbocycles. The van der Waals surface area contributed by atoms with Gasteiger partial charge < -0.3 is 5.32 Å². The Morgan fingerprint density at radius 3 is 2.53 bits per heavy atom. The highest BCUT2D eigenvalue weighted by atomic mass is 32.1. The van der Waals surface area contributed by atoms with Crippen LogP contribution in [-0.2, 0) is 32.5 Å². The zero-order valence-electron chi connectivity index (χ0n) is 12.1. The highest BCUT2D eigenvalue weighted by Gasteiger charge is 2.05. The van der Waals surface area contributed by atoms with Crippen LogP contribution in [0.4, 0.5) is 0 Å². The van der Waals surface area contributed by atoms with E-state index in [1.165, 1.54) is 21.1 Å². The predicted molar refractivity (Wildman–Crippen MR) is 81.5 cm³/mol. The number of aromatic nitrogens is 2. The lowest BCUT2D eigenvalue weighted by molar-refractivity contribution is 0.579. The lowest BCUT2D eigenvalue weighted by Gasteiger charge is -2.05. The predicted octanol–water partition coefficient (Wildman–Crippen LogP) is 3.38. The van der Waals surface area contributed by atoms with Crippen LogP contribution in [0.3, 0.4) is 0 Å². The Hall–Kier alpha value is -1.13. The molecule has 19 heavy (non-hydrogen) atoms. The van der Waals surface area contributed by atoms with Crippen LogP contribution in [-0.4, -0.2) is 9.78 Å². The van der Waals surface area contributed by atoms with Crippen molar-refractivity contribution < 1.29 is 0 Å². The lowest BCUT2D eigenvalue weighted by atomic mass is 10.3. The topological polar surface area (TPSA) is 29.9 Å². The maximum absolute atomic E-state index is 4.57. The summed E-state index contributed by atoms with van der Waals surface area (Å²) in [5, 5.41) is 8.09. The Morgan fingerprint density at radius 2 is 1.89 bits per heavy atom. The van der Waals surface area contributed by atoms with Crippen molar-refractivity contribution in [2.75, 3.05) is 0 Å². The van der Waals surface area contributed by atoms with Gasteiger partial charge in [0.1, 0.15) is 0 Å². The van der Waals surface area contributed by atoms with Gasteiger partial charge in [0, 0.05) is 29.4 Å². The van der Waals surface area contributed by atoms with Crippen LogP contribution in [0, 0.1) is 0 Å². The average Bonchev–Trinajstić information content (AvgIpc) is 3.05. The summed E-state index contributed by atoms with van der Waals surface area (Å²) in [5.41, 5.74) is 2.47. The van der Waals surface area contributed by atoms with Gasteiger partial charge in [0.15, 0.2) is 0 Å². The number of nitrogens with one attached hydrogen (secondary N) is 1. The van der Waals surface area contributed by atoms with Crippen molar-refractivity contribution in [1.82, 2.24) is 15.1 Å². The van der Waals surface area contributed by atoms with Gasteiger partial charge in [0.2, 0.25) is 0 Å². The van der Waals surface area contributed by atoms with E-state index >= 15 is 0 Å². The molecule has 2 rings (SSSR count). The highest BCUT2D eigenvalue weighted by molar-refractivity contribution is 7.11. The second kappa shape index (κ2) is 6.87. The van der Waals surface area contributed by atoms with Gasteiger partial charge in [-0.25, -0.2) is 0 Å². The molecular weight excluding hydrogens is 254 g/mol. The Kier molecular flexibility index (Phi) is 5.16. The van der Waals surface area contributed by atoms with Crippen LogP contribution in [0.5, 0.6) is 0 Å². The van der Waals surface area contributed by atoms with E-state index in [0.717, 1.165) is 32.5 Å². The van der Waals surface area contributed by atoms with Crippen LogP contribution in [0.1, 0.15) is 41.9 Å². The molecular formula is C15H23N3S. The van der Waals surface area contributed by atoms with Crippen LogP contribution in [0.2, 0.25) is 0 Å². The molecule has 4 heteroatoms. The summed E-state index contributed by atoms with van der Waals surface area (Å²) < 4.78 is 2.09. The third-order valence-electron chi connectivity index (χ3n) is 3.25. The number of rotatable bonds is 7. The Morgan fingerprint density at radius 1 is 1.11 bits per heavy atom. The van der Waals surface area contributed by atoms with Crippen molar-refractivity contribution in [1.29, 1.82) is 0 Å². The molecule has 0 spiro atoms. The van der Waals surface area contributed by atoms with Crippen molar-refractivity contribution in [3.05, 3.63) is 39.3 Å². The highest BCUT2D eigenvalue weighted by Crippen LogP contribution is 2.16. The standard InChI is InChI=1S/C15H23N3S/c1-4-12-9-13(18(6-3)17-12)10-16-11-15-8-7-14(5-2)19-15/h7-9,16H,4-6,10-11H2,1-3H3. The fourth-order valence-electron chi connectivity index (χ4n) is 2.12. The smallest absolute Gasteiger partial charge is 0.0625 e. The maximum Gasteiger partial charge on any atom is 0.0625 e. The lowest BCUT2D eigenvalue weighted by Crippen LogP contribution is -2.15. The average molecular weight is 277 g/mol. The van der Waals surface area contributed by atoms with Gasteiger partial charge in [-0.2, -0.15) is 5.10 Å². The number of hydrogen-bond donors (Lipinski definition) is 1. The molecule has 1 N–H and O–H groups in total. The molecule has 2 heterocycles. The van der Waals surface area contributed by atoms with E-state index < -0.39 is 0 Å². The van der Waals surface area contributed by atoms with Crippen molar-refractivity contribution >= 4 is 11.3 Å². The van der Waals surface area contributed by atoms with Crippen molar-refractivity contribution in [2.45, 2.75) is 53.2 Å². The van der Waals surface area contributed by atoms with Gasteiger partial charge in [-0.1, -0.05) is 13.8 Å². The summed E-state index contributed by atoms with van der Waals surface area (Å²) in [6.45, 7) is 9.27. The summed E-state index contributed by atoms with van der Waals surface area (Å²) >= 11 is 1.90. The quantitative estimate of drug-likeness (QED) is 0.841. The molecule has 3 nitrogen and oxygen atoms in total. The third kappa shape index (κ3) is 3.67. The van der Waals surface area contributed by atoms with Gasteiger partial charge in [0.05, 0.1) is 11.4 Å². The van der Waals surface area contributed by atoms with Crippen LogP contribution in [0.25, 0.3) is 0 Å². The molecule has 2 aromatic rings. The van der Waals surface area contributed by atoms with Crippen LogP contribution < -0.4 is 5.32 Å². The van der Waals surface area contributed by atoms with Gasteiger partial charge in [0.25, 0.3) is 0 Å². The van der Waals surface area contributed by atoms with Gasteiger partial charge >= 0.3 is 0 Å². The molecule has 104 valence electrons. The van der Waals surface area contributed by atoms with E-state index in [4.69, 9.17) is 0 Å². The first-order valence-corrected chi connectivity index (χ1v) is 7.92. The van der Waals surface area contributed by atoms with E-state index in [-0.39, 0.29) is 0 Å². The molecule has 0 saturated carbocycles. The van der Waals surface area contributed by atoms with Crippen molar-refractivity contribution in [3.8, 4) is 0 Å². The van der Waals surface area contributed by atoms with Gasteiger partial charge in [-0.3, -0.25) is 4.68 Å². The molecule has 0 bridgehead atoms.